The molecule has 1 atom stereocenters. The first-order valence-electron chi connectivity index (χ1n) is 6.52. The monoisotopic (exact) mass is 301 g/mol. The Hall–Kier alpha value is -0.280. The molecule has 4 heteroatoms. The highest BCUT2D eigenvalue weighted by atomic mass is 35.5. The van der Waals surface area contributed by atoms with Crippen LogP contribution in [0.1, 0.15) is 58.8 Å². The quantitative estimate of drug-likeness (QED) is 0.642. The lowest BCUT2D eigenvalue weighted by Gasteiger charge is -2.51. The van der Waals surface area contributed by atoms with Crippen LogP contribution in [0.2, 0.25) is 10.0 Å². The minimum absolute atomic E-state index is 0.103. The Morgan fingerprint density at radius 2 is 1.68 bits per heavy atom. The topological polar surface area (TPSA) is 12.5 Å². The molecule has 0 aromatic heterocycles. The molecule has 1 aromatic rings. The van der Waals surface area contributed by atoms with E-state index in [9.17, 15) is 0 Å². The standard InChI is InChI=1S/C15H21Cl2NO/c1-9-12-10(16)7-8-11(17)13(12)15(5,6)18(19-9)14(2,3)4/h7-9H,1-6H3. The van der Waals surface area contributed by atoms with Crippen LogP contribution in [0, 0.1) is 0 Å². The molecule has 1 unspecified atom stereocenters. The number of hydroxylamine groups is 2. The Balaban J connectivity index is 2.70. The average molecular weight is 302 g/mol. The molecular weight excluding hydrogens is 281 g/mol. The Kier molecular flexibility index (Phi) is 3.68. The number of halogens is 2. The molecule has 2 rings (SSSR count). The number of hydrogen-bond donors (Lipinski definition) is 0. The highest BCUT2D eigenvalue weighted by Crippen LogP contribution is 2.49. The first kappa shape index (κ1) is 15.1. The van der Waals surface area contributed by atoms with Gasteiger partial charge < -0.3 is 0 Å². The zero-order valence-corrected chi connectivity index (χ0v) is 13.9. The zero-order valence-electron chi connectivity index (χ0n) is 12.3. The van der Waals surface area contributed by atoms with Crippen molar-refractivity contribution in [2.45, 2.75) is 58.7 Å². The molecule has 106 valence electrons. The number of benzene rings is 1. The summed E-state index contributed by atoms with van der Waals surface area (Å²) in [5.41, 5.74) is 1.61. The van der Waals surface area contributed by atoms with Gasteiger partial charge in [0, 0.05) is 26.7 Å². The lowest BCUT2D eigenvalue weighted by atomic mass is 9.84. The number of nitrogens with zero attached hydrogens (tertiary/aromatic N) is 1. The van der Waals surface area contributed by atoms with Gasteiger partial charge in [0.05, 0.1) is 5.54 Å². The van der Waals surface area contributed by atoms with E-state index >= 15 is 0 Å². The van der Waals surface area contributed by atoms with Crippen molar-refractivity contribution in [2.75, 3.05) is 0 Å². The largest absolute Gasteiger partial charge is 0.290 e. The van der Waals surface area contributed by atoms with Crippen molar-refractivity contribution in [2.24, 2.45) is 0 Å². The Labute approximate surface area is 125 Å². The van der Waals surface area contributed by atoms with E-state index in [4.69, 9.17) is 28.0 Å². The molecule has 1 heterocycles. The van der Waals surface area contributed by atoms with E-state index in [-0.39, 0.29) is 17.2 Å². The van der Waals surface area contributed by atoms with E-state index in [0.29, 0.717) is 5.02 Å². The number of fused-ring (bicyclic) bond motifs is 1. The molecule has 0 aliphatic carbocycles. The second-order valence-corrected chi connectivity index (χ2v) is 7.40. The van der Waals surface area contributed by atoms with Crippen molar-refractivity contribution in [3.63, 3.8) is 0 Å². The molecule has 0 saturated carbocycles. The van der Waals surface area contributed by atoms with Crippen LogP contribution in [0.4, 0.5) is 0 Å². The van der Waals surface area contributed by atoms with Crippen LogP contribution in [-0.4, -0.2) is 10.6 Å². The SMILES string of the molecule is CC1ON(C(C)(C)C)C(C)(C)c2c(Cl)ccc(Cl)c21. The summed E-state index contributed by atoms with van der Waals surface area (Å²) in [4.78, 5) is 6.12. The van der Waals surface area contributed by atoms with Crippen molar-refractivity contribution in [1.82, 2.24) is 5.06 Å². The third-order valence-corrected chi connectivity index (χ3v) is 4.18. The summed E-state index contributed by atoms with van der Waals surface area (Å²) in [6, 6.07) is 3.70. The minimum atomic E-state index is -0.331. The van der Waals surface area contributed by atoms with Gasteiger partial charge in [-0.05, 0) is 53.7 Å². The second-order valence-electron chi connectivity index (χ2n) is 6.59. The molecule has 1 aliphatic heterocycles. The molecule has 0 saturated heterocycles. The fraction of sp³-hybridized carbons (Fsp3) is 0.600. The summed E-state index contributed by atoms with van der Waals surface area (Å²) in [5, 5.41) is 3.48. The third-order valence-electron chi connectivity index (χ3n) is 3.54. The van der Waals surface area contributed by atoms with E-state index < -0.39 is 0 Å². The Morgan fingerprint density at radius 3 is 2.21 bits per heavy atom. The van der Waals surface area contributed by atoms with Gasteiger partial charge >= 0.3 is 0 Å². The van der Waals surface area contributed by atoms with Gasteiger partial charge in [0.15, 0.2) is 0 Å². The summed E-state index contributed by atoms with van der Waals surface area (Å²) >= 11 is 12.8. The summed E-state index contributed by atoms with van der Waals surface area (Å²) in [6.07, 6.45) is -0.103. The average Bonchev–Trinajstić information content (AvgIpc) is 2.25. The molecular formula is C15H21Cl2NO. The molecule has 0 fully saturated rings. The van der Waals surface area contributed by atoms with Crippen LogP contribution in [0.5, 0.6) is 0 Å². The first-order chi connectivity index (χ1) is 8.56. The van der Waals surface area contributed by atoms with E-state index in [1.807, 2.05) is 24.1 Å². The normalized spacial score (nSPS) is 23.3. The molecule has 0 N–H and O–H groups in total. The smallest absolute Gasteiger partial charge is 0.103 e. The lowest BCUT2D eigenvalue weighted by molar-refractivity contribution is -0.301. The zero-order chi connectivity index (χ0) is 14.6. The highest BCUT2D eigenvalue weighted by molar-refractivity contribution is 6.34. The molecule has 0 spiro atoms. The molecule has 0 radical (unpaired) electrons. The van der Waals surface area contributed by atoms with Crippen LogP contribution in [0.25, 0.3) is 0 Å². The summed E-state index contributed by atoms with van der Waals surface area (Å²) < 4.78 is 0. The molecule has 1 aliphatic rings. The molecule has 19 heavy (non-hydrogen) atoms. The second kappa shape index (κ2) is 4.63. The van der Waals surface area contributed by atoms with Crippen LogP contribution < -0.4 is 0 Å². The maximum atomic E-state index is 6.44. The minimum Gasteiger partial charge on any atom is -0.290 e. The maximum absolute atomic E-state index is 6.44. The van der Waals surface area contributed by atoms with Crippen LogP contribution in [0.3, 0.4) is 0 Å². The Morgan fingerprint density at radius 1 is 1.16 bits per heavy atom. The van der Waals surface area contributed by atoms with Gasteiger partial charge in [0.1, 0.15) is 6.10 Å². The first-order valence-corrected chi connectivity index (χ1v) is 7.28. The molecule has 0 amide bonds. The highest BCUT2D eigenvalue weighted by Gasteiger charge is 2.45. The molecule has 2 nitrogen and oxygen atoms in total. The number of hydrogen-bond acceptors (Lipinski definition) is 2. The maximum Gasteiger partial charge on any atom is 0.103 e. The van der Waals surface area contributed by atoms with E-state index in [0.717, 1.165) is 16.1 Å². The fourth-order valence-electron chi connectivity index (χ4n) is 3.03. The van der Waals surface area contributed by atoms with Gasteiger partial charge in [0.25, 0.3) is 0 Å². The predicted molar refractivity (Wildman–Crippen MR) is 80.6 cm³/mol. The van der Waals surface area contributed by atoms with E-state index in [2.05, 4.69) is 34.6 Å². The molecule has 1 aromatic carbocycles. The van der Waals surface area contributed by atoms with E-state index in [1.165, 1.54) is 0 Å². The lowest BCUT2D eigenvalue weighted by Crippen LogP contribution is -2.55. The van der Waals surface area contributed by atoms with Gasteiger partial charge in [-0.15, -0.1) is 0 Å². The van der Waals surface area contributed by atoms with Crippen molar-refractivity contribution in [3.05, 3.63) is 33.3 Å². The van der Waals surface area contributed by atoms with E-state index in [1.54, 1.807) is 0 Å². The van der Waals surface area contributed by atoms with Crippen LogP contribution in [-0.2, 0) is 10.4 Å². The van der Waals surface area contributed by atoms with Gasteiger partial charge in [-0.25, -0.2) is 0 Å². The van der Waals surface area contributed by atoms with Gasteiger partial charge in [-0.2, -0.15) is 5.06 Å². The summed E-state index contributed by atoms with van der Waals surface area (Å²) in [6.45, 7) is 12.6. The molecule has 0 bridgehead atoms. The van der Waals surface area contributed by atoms with Crippen molar-refractivity contribution in [3.8, 4) is 0 Å². The van der Waals surface area contributed by atoms with Crippen molar-refractivity contribution in [1.29, 1.82) is 0 Å². The summed E-state index contributed by atoms with van der Waals surface area (Å²) in [5.74, 6) is 0. The van der Waals surface area contributed by atoms with Crippen molar-refractivity contribution >= 4 is 23.2 Å². The van der Waals surface area contributed by atoms with Crippen LogP contribution in [0.15, 0.2) is 12.1 Å². The third kappa shape index (κ3) is 2.40. The van der Waals surface area contributed by atoms with Gasteiger partial charge in [0.2, 0.25) is 0 Å². The number of rotatable bonds is 0. The van der Waals surface area contributed by atoms with Gasteiger partial charge in [-0.3, -0.25) is 4.84 Å². The summed E-state index contributed by atoms with van der Waals surface area (Å²) in [7, 11) is 0. The predicted octanol–water partition coefficient (Wildman–Crippen LogP) is 5.34. The van der Waals surface area contributed by atoms with Crippen molar-refractivity contribution < 1.29 is 4.84 Å². The Bertz CT molecular complexity index is 506. The fourth-order valence-corrected chi connectivity index (χ4v) is 3.73. The van der Waals surface area contributed by atoms with Crippen LogP contribution >= 0.6 is 23.2 Å². The van der Waals surface area contributed by atoms with Gasteiger partial charge in [-0.1, -0.05) is 23.2 Å².